The maximum Gasteiger partial charge on any atom is 0.318 e. The second-order valence-corrected chi connectivity index (χ2v) is 9.93. The van der Waals surface area contributed by atoms with Crippen molar-refractivity contribution in [3.05, 3.63) is 36.4 Å². The average molecular weight is 497 g/mol. The van der Waals surface area contributed by atoms with Crippen molar-refractivity contribution < 1.29 is 14.3 Å². The molecule has 0 atom stereocenters. The van der Waals surface area contributed by atoms with Gasteiger partial charge in [0, 0.05) is 44.3 Å². The van der Waals surface area contributed by atoms with Crippen molar-refractivity contribution >= 4 is 17.8 Å². The molecule has 2 heterocycles. The third-order valence-electron chi connectivity index (χ3n) is 6.21. The Bertz CT molecular complexity index is 978. The van der Waals surface area contributed by atoms with E-state index < -0.39 is 0 Å². The summed E-state index contributed by atoms with van der Waals surface area (Å²) < 4.78 is 5.22. The molecule has 0 radical (unpaired) electrons. The number of benzene rings is 1. The summed E-state index contributed by atoms with van der Waals surface area (Å²) in [5.41, 5.74) is 1.78. The van der Waals surface area contributed by atoms with Crippen molar-refractivity contribution in [2.24, 2.45) is 5.92 Å². The highest BCUT2D eigenvalue weighted by molar-refractivity contribution is 5.84. The van der Waals surface area contributed by atoms with Gasteiger partial charge in [-0.3, -0.25) is 4.79 Å². The van der Waals surface area contributed by atoms with Gasteiger partial charge in [0.05, 0.1) is 12.8 Å². The summed E-state index contributed by atoms with van der Waals surface area (Å²) in [6.45, 7) is 11.5. The summed E-state index contributed by atoms with van der Waals surface area (Å²) in [5, 5.41) is 11.8. The van der Waals surface area contributed by atoms with Crippen LogP contribution in [-0.2, 0) is 4.79 Å². The smallest absolute Gasteiger partial charge is 0.318 e. The quantitative estimate of drug-likeness (QED) is 0.570. The molecule has 1 aromatic carbocycles. The van der Waals surface area contributed by atoms with Gasteiger partial charge in [0.1, 0.15) is 12.3 Å². The first-order valence-electron chi connectivity index (χ1n) is 12.8. The van der Waals surface area contributed by atoms with Crippen LogP contribution >= 0.6 is 0 Å². The molecule has 0 spiro atoms. The third-order valence-corrected chi connectivity index (χ3v) is 6.21. The molecule has 36 heavy (non-hydrogen) atoms. The van der Waals surface area contributed by atoms with Crippen LogP contribution in [0, 0.1) is 5.92 Å². The van der Waals surface area contributed by atoms with Gasteiger partial charge in [0.15, 0.2) is 5.82 Å². The molecule has 0 unspecified atom stereocenters. The third kappa shape index (κ3) is 7.83. The Morgan fingerprint density at radius 1 is 1.00 bits per heavy atom. The zero-order chi connectivity index (χ0) is 26.1. The number of rotatable bonds is 9. The Morgan fingerprint density at radius 2 is 1.75 bits per heavy atom. The number of hydrogen-bond acceptors (Lipinski definition) is 6. The second-order valence-electron chi connectivity index (χ2n) is 9.93. The summed E-state index contributed by atoms with van der Waals surface area (Å²) in [6, 6.07) is 11.5. The minimum atomic E-state index is -0.178. The number of carbonyl (C=O) groups is 2. The Labute approximate surface area is 214 Å². The van der Waals surface area contributed by atoms with E-state index in [9.17, 15) is 9.59 Å². The fraction of sp³-hybridized carbons (Fsp3) is 0.556. The monoisotopic (exact) mass is 496 g/mol. The van der Waals surface area contributed by atoms with E-state index in [1.165, 1.54) is 0 Å². The van der Waals surface area contributed by atoms with Crippen molar-refractivity contribution in [3.63, 3.8) is 0 Å². The van der Waals surface area contributed by atoms with Crippen LogP contribution in [0.1, 0.15) is 40.5 Å². The largest absolute Gasteiger partial charge is 0.497 e. The Hall–Kier alpha value is -3.36. The maximum atomic E-state index is 13.1. The highest BCUT2D eigenvalue weighted by Crippen LogP contribution is 2.22. The van der Waals surface area contributed by atoms with Gasteiger partial charge in [-0.25, -0.2) is 4.79 Å². The van der Waals surface area contributed by atoms with Crippen LogP contribution in [0.5, 0.6) is 5.75 Å². The number of nitrogens with zero attached hydrogens (tertiary/aromatic N) is 5. The van der Waals surface area contributed by atoms with Crippen LogP contribution in [0.15, 0.2) is 36.4 Å². The average Bonchev–Trinajstić information content (AvgIpc) is 3.12. The van der Waals surface area contributed by atoms with Gasteiger partial charge < -0.3 is 24.8 Å². The van der Waals surface area contributed by atoms with E-state index in [0.29, 0.717) is 32.1 Å². The molecule has 0 aliphatic carbocycles. The summed E-state index contributed by atoms with van der Waals surface area (Å²) >= 11 is 0. The van der Waals surface area contributed by atoms with Crippen molar-refractivity contribution in [1.82, 2.24) is 25.3 Å². The standard InChI is InChI=1S/C27H40N6O3/c1-20(2)13-16-33(27(35)28-21(3)4)19-26(34)32-15-6-14-31(17-18-32)25-12-11-24(29-30-25)22-7-9-23(36-5)10-8-22/h7-12,20-21H,6,13-19H2,1-5H3,(H,28,35). The van der Waals surface area contributed by atoms with Crippen LogP contribution in [0.25, 0.3) is 11.3 Å². The lowest BCUT2D eigenvalue weighted by Gasteiger charge is -2.28. The van der Waals surface area contributed by atoms with Gasteiger partial charge in [-0.15, -0.1) is 10.2 Å². The highest BCUT2D eigenvalue weighted by atomic mass is 16.5. The fourth-order valence-electron chi connectivity index (χ4n) is 4.07. The van der Waals surface area contributed by atoms with E-state index in [2.05, 4.69) is 34.3 Å². The number of ether oxygens (including phenoxy) is 1. The van der Waals surface area contributed by atoms with Crippen molar-refractivity contribution in [2.45, 2.75) is 46.6 Å². The predicted octanol–water partition coefficient (Wildman–Crippen LogP) is 3.66. The first kappa shape index (κ1) is 27.2. The molecule has 1 aliphatic heterocycles. The Balaban J connectivity index is 1.59. The van der Waals surface area contributed by atoms with Crippen molar-refractivity contribution in [2.75, 3.05) is 51.3 Å². The molecule has 9 heteroatoms. The molecule has 0 bridgehead atoms. The zero-order valence-corrected chi connectivity index (χ0v) is 22.2. The lowest BCUT2D eigenvalue weighted by Crippen LogP contribution is -2.49. The molecule has 3 rings (SSSR count). The number of amides is 3. The first-order chi connectivity index (χ1) is 17.3. The van der Waals surface area contributed by atoms with Crippen molar-refractivity contribution in [3.8, 4) is 17.0 Å². The molecular formula is C27H40N6O3. The fourth-order valence-corrected chi connectivity index (χ4v) is 4.07. The van der Waals surface area contributed by atoms with Crippen LogP contribution < -0.4 is 15.0 Å². The molecule has 3 amide bonds. The van der Waals surface area contributed by atoms with Crippen LogP contribution in [-0.4, -0.2) is 84.4 Å². The number of carbonyl (C=O) groups excluding carboxylic acids is 2. The number of urea groups is 1. The number of hydrogen-bond donors (Lipinski definition) is 1. The number of aromatic nitrogens is 2. The molecule has 2 aromatic rings. The SMILES string of the molecule is COc1ccc(-c2ccc(N3CCCN(C(=O)CN(CCC(C)C)C(=O)NC(C)C)CC3)nn2)cc1. The highest BCUT2D eigenvalue weighted by Gasteiger charge is 2.24. The normalized spacial score (nSPS) is 14.1. The van der Waals surface area contributed by atoms with Gasteiger partial charge in [-0.2, -0.15) is 0 Å². The van der Waals surface area contributed by atoms with Gasteiger partial charge >= 0.3 is 6.03 Å². The van der Waals surface area contributed by atoms with Crippen LogP contribution in [0.4, 0.5) is 10.6 Å². The summed E-state index contributed by atoms with van der Waals surface area (Å²) in [6.07, 6.45) is 1.69. The molecule has 0 saturated carbocycles. The minimum absolute atomic E-state index is 0.0135. The Kier molecular flexibility index (Phi) is 9.90. The lowest BCUT2D eigenvalue weighted by molar-refractivity contribution is -0.131. The topological polar surface area (TPSA) is 90.9 Å². The molecule has 1 saturated heterocycles. The van der Waals surface area contributed by atoms with E-state index >= 15 is 0 Å². The van der Waals surface area contributed by atoms with E-state index in [4.69, 9.17) is 4.74 Å². The second kappa shape index (κ2) is 13.1. The number of nitrogens with one attached hydrogen (secondary N) is 1. The molecule has 1 aromatic heterocycles. The number of methoxy groups -OCH3 is 1. The first-order valence-corrected chi connectivity index (χ1v) is 12.8. The maximum absolute atomic E-state index is 13.1. The van der Waals surface area contributed by atoms with E-state index in [1.807, 2.05) is 55.1 Å². The van der Waals surface area contributed by atoms with Gasteiger partial charge in [-0.05, 0) is 69.0 Å². The molecule has 9 nitrogen and oxygen atoms in total. The van der Waals surface area contributed by atoms with E-state index in [1.54, 1.807) is 12.0 Å². The summed E-state index contributed by atoms with van der Waals surface area (Å²) in [4.78, 5) is 31.5. The molecule has 1 N–H and O–H groups in total. The van der Waals surface area contributed by atoms with Gasteiger partial charge in [-0.1, -0.05) is 13.8 Å². The molecule has 196 valence electrons. The summed E-state index contributed by atoms with van der Waals surface area (Å²) in [7, 11) is 1.64. The lowest BCUT2D eigenvalue weighted by atomic mass is 10.1. The van der Waals surface area contributed by atoms with Gasteiger partial charge in [0.2, 0.25) is 5.91 Å². The molecular weight excluding hydrogens is 456 g/mol. The minimum Gasteiger partial charge on any atom is -0.497 e. The molecule has 1 fully saturated rings. The van der Waals surface area contributed by atoms with E-state index in [-0.39, 0.29) is 24.5 Å². The van der Waals surface area contributed by atoms with Crippen LogP contribution in [0.2, 0.25) is 0 Å². The van der Waals surface area contributed by atoms with Crippen molar-refractivity contribution in [1.29, 1.82) is 0 Å². The number of anilines is 1. The summed E-state index contributed by atoms with van der Waals surface area (Å²) in [5.74, 6) is 2.05. The van der Waals surface area contributed by atoms with E-state index in [0.717, 1.165) is 42.2 Å². The van der Waals surface area contributed by atoms with Gasteiger partial charge in [0.25, 0.3) is 0 Å². The predicted molar refractivity (Wildman–Crippen MR) is 142 cm³/mol. The molecule has 1 aliphatic rings. The Morgan fingerprint density at radius 3 is 2.36 bits per heavy atom. The zero-order valence-electron chi connectivity index (χ0n) is 22.2. The van der Waals surface area contributed by atoms with Crippen LogP contribution in [0.3, 0.4) is 0 Å².